The van der Waals surface area contributed by atoms with Crippen molar-refractivity contribution >= 4 is 27.5 Å². The minimum absolute atomic E-state index is 0.509. The highest BCUT2D eigenvalue weighted by atomic mass is 79.9. The third kappa shape index (κ3) is 3.20. The molecule has 0 aliphatic carbocycles. The molecule has 72 valence electrons. The fourth-order valence-corrected chi connectivity index (χ4v) is 1.38. The van der Waals surface area contributed by atoms with Crippen LogP contribution in [0, 0.1) is 5.92 Å². The zero-order valence-electron chi connectivity index (χ0n) is 7.68. The number of hydrogen-bond acceptors (Lipinski definition) is 1. The van der Waals surface area contributed by atoms with Crippen molar-refractivity contribution in [2.24, 2.45) is 5.92 Å². The van der Waals surface area contributed by atoms with Crippen LogP contribution >= 0.6 is 27.5 Å². The topological polar surface area (TPSA) is 9.23 Å². The van der Waals surface area contributed by atoms with Crippen molar-refractivity contribution in [2.75, 3.05) is 6.61 Å². The van der Waals surface area contributed by atoms with Crippen molar-refractivity contribution in [1.29, 1.82) is 0 Å². The molecule has 0 bridgehead atoms. The highest BCUT2D eigenvalue weighted by Crippen LogP contribution is 2.31. The molecule has 1 aromatic carbocycles. The molecule has 0 heterocycles. The molecule has 0 saturated carbocycles. The quantitative estimate of drug-likeness (QED) is 0.796. The zero-order chi connectivity index (χ0) is 9.84. The average molecular weight is 264 g/mol. The second-order valence-electron chi connectivity index (χ2n) is 3.26. The maximum atomic E-state index is 6.00. The van der Waals surface area contributed by atoms with E-state index in [1.807, 2.05) is 18.2 Å². The van der Waals surface area contributed by atoms with Crippen molar-refractivity contribution in [3.63, 3.8) is 0 Å². The molecular weight excluding hydrogens is 251 g/mol. The Morgan fingerprint density at radius 1 is 1.46 bits per heavy atom. The van der Waals surface area contributed by atoms with Crippen molar-refractivity contribution in [3.05, 3.63) is 27.7 Å². The van der Waals surface area contributed by atoms with E-state index in [9.17, 15) is 0 Å². The lowest BCUT2D eigenvalue weighted by atomic mass is 10.2. The molecule has 1 aromatic rings. The van der Waals surface area contributed by atoms with Gasteiger partial charge in [0.25, 0.3) is 0 Å². The van der Waals surface area contributed by atoms with Gasteiger partial charge in [-0.1, -0.05) is 31.5 Å². The second-order valence-corrected chi connectivity index (χ2v) is 4.49. The van der Waals surface area contributed by atoms with Gasteiger partial charge >= 0.3 is 0 Å². The van der Waals surface area contributed by atoms with E-state index in [4.69, 9.17) is 16.3 Å². The molecule has 0 radical (unpaired) electrons. The standard InChI is InChI=1S/C10H12BrClO/c1-7(2)6-13-9-5-3-4-8(11)10(9)12/h3-5,7H,6H2,1-2H3. The highest BCUT2D eigenvalue weighted by molar-refractivity contribution is 9.10. The summed E-state index contributed by atoms with van der Waals surface area (Å²) in [5, 5.41) is 0.642. The molecule has 3 heteroatoms. The van der Waals surface area contributed by atoms with Gasteiger partial charge in [0, 0.05) is 4.47 Å². The number of rotatable bonds is 3. The van der Waals surface area contributed by atoms with Gasteiger partial charge in [-0.25, -0.2) is 0 Å². The molecule has 0 amide bonds. The number of benzene rings is 1. The van der Waals surface area contributed by atoms with Crippen molar-refractivity contribution in [2.45, 2.75) is 13.8 Å². The molecule has 0 aromatic heterocycles. The van der Waals surface area contributed by atoms with Crippen LogP contribution in [0.15, 0.2) is 22.7 Å². The van der Waals surface area contributed by atoms with Gasteiger partial charge in [0.2, 0.25) is 0 Å². The van der Waals surface area contributed by atoms with Crippen molar-refractivity contribution in [1.82, 2.24) is 0 Å². The van der Waals surface area contributed by atoms with Gasteiger partial charge in [-0.3, -0.25) is 0 Å². The largest absolute Gasteiger partial charge is 0.492 e. The summed E-state index contributed by atoms with van der Waals surface area (Å²) in [4.78, 5) is 0. The Balaban J connectivity index is 2.71. The molecule has 0 saturated heterocycles. The van der Waals surface area contributed by atoms with Gasteiger partial charge in [-0.05, 0) is 34.0 Å². The number of hydrogen-bond donors (Lipinski definition) is 0. The summed E-state index contributed by atoms with van der Waals surface area (Å²) in [6, 6.07) is 5.67. The predicted octanol–water partition coefficient (Wildman–Crippen LogP) is 4.14. The summed E-state index contributed by atoms with van der Waals surface area (Å²) in [7, 11) is 0. The van der Waals surface area contributed by atoms with Gasteiger partial charge in [-0.15, -0.1) is 0 Å². The molecular formula is C10H12BrClO. The molecule has 1 rings (SSSR count). The summed E-state index contributed by atoms with van der Waals surface area (Å²) in [5.41, 5.74) is 0. The van der Waals surface area contributed by atoms with Crippen LogP contribution in [-0.2, 0) is 0 Å². The van der Waals surface area contributed by atoms with Crippen LogP contribution in [0.25, 0.3) is 0 Å². The SMILES string of the molecule is CC(C)COc1cccc(Br)c1Cl. The minimum Gasteiger partial charge on any atom is -0.492 e. The molecule has 0 unspecified atom stereocenters. The third-order valence-electron chi connectivity index (χ3n) is 1.49. The van der Waals surface area contributed by atoms with E-state index >= 15 is 0 Å². The number of ether oxygens (including phenoxy) is 1. The smallest absolute Gasteiger partial charge is 0.139 e. The predicted molar refractivity (Wildman–Crippen MR) is 59.5 cm³/mol. The monoisotopic (exact) mass is 262 g/mol. The fourth-order valence-electron chi connectivity index (χ4n) is 0.852. The maximum Gasteiger partial charge on any atom is 0.139 e. The van der Waals surface area contributed by atoms with E-state index in [1.54, 1.807) is 0 Å². The van der Waals surface area contributed by atoms with Crippen LogP contribution in [-0.4, -0.2) is 6.61 Å². The van der Waals surface area contributed by atoms with Gasteiger partial charge in [0.05, 0.1) is 11.6 Å². The van der Waals surface area contributed by atoms with Gasteiger partial charge in [0.1, 0.15) is 5.75 Å². The minimum atomic E-state index is 0.509. The number of halogens is 2. The first-order valence-corrected chi connectivity index (χ1v) is 5.35. The molecule has 0 N–H and O–H groups in total. The Labute approximate surface area is 92.2 Å². The Bertz CT molecular complexity index is 286. The van der Waals surface area contributed by atoms with E-state index in [0.717, 1.165) is 10.2 Å². The Morgan fingerprint density at radius 2 is 2.15 bits per heavy atom. The first-order chi connectivity index (χ1) is 6.11. The van der Waals surface area contributed by atoms with E-state index in [0.29, 0.717) is 17.5 Å². The molecule has 0 fully saturated rings. The molecule has 1 nitrogen and oxygen atoms in total. The van der Waals surface area contributed by atoms with E-state index in [1.165, 1.54) is 0 Å². The first-order valence-electron chi connectivity index (χ1n) is 4.18. The summed E-state index contributed by atoms with van der Waals surface area (Å²) < 4.78 is 6.39. The lowest BCUT2D eigenvalue weighted by Crippen LogP contribution is -2.04. The zero-order valence-corrected chi connectivity index (χ0v) is 10.0. The van der Waals surface area contributed by atoms with Gasteiger partial charge in [0.15, 0.2) is 0 Å². The van der Waals surface area contributed by atoms with Gasteiger partial charge in [-0.2, -0.15) is 0 Å². The van der Waals surface area contributed by atoms with E-state index in [-0.39, 0.29) is 0 Å². The summed E-state index contributed by atoms with van der Waals surface area (Å²) in [6.07, 6.45) is 0. The second kappa shape index (κ2) is 4.87. The fraction of sp³-hybridized carbons (Fsp3) is 0.400. The molecule has 0 aliphatic heterocycles. The summed E-state index contributed by atoms with van der Waals surface area (Å²) in [6.45, 7) is 4.90. The normalized spacial score (nSPS) is 10.5. The van der Waals surface area contributed by atoms with Crippen LogP contribution in [0.3, 0.4) is 0 Å². The van der Waals surface area contributed by atoms with Crippen LogP contribution < -0.4 is 4.74 Å². The summed E-state index contributed by atoms with van der Waals surface area (Å²) >= 11 is 9.35. The average Bonchev–Trinajstić information content (AvgIpc) is 2.07. The Kier molecular flexibility index (Phi) is 4.07. The summed E-state index contributed by atoms with van der Waals surface area (Å²) in [5.74, 6) is 1.25. The van der Waals surface area contributed by atoms with Gasteiger partial charge < -0.3 is 4.74 Å². The van der Waals surface area contributed by atoms with E-state index in [2.05, 4.69) is 29.8 Å². The van der Waals surface area contributed by atoms with Crippen LogP contribution in [0.4, 0.5) is 0 Å². The lowest BCUT2D eigenvalue weighted by Gasteiger charge is -2.10. The lowest BCUT2D eigenvalue weighted by molar-refractivity contribution is 0.271. The first kappa shape index (κ1) is 10.9. The molecule has 13 heavy (non-hydrogen) atoms. The van der Waals surface area contributed by atoms with Crippen molar-refractivity contribution in [3.8, 4) is 5.75 Å². The molecule has 0 spiro atoms. The molecule has 0 aliphatic rings. The van der Waals surface area contributed by atoms with Crippen LogP contribution in [0.1, 0.15) is 13.8 Å². The molecule has 0 atom stereocenters. The maximum absolute atomic E-state index is 6.00. The van der Waals surface area contributed by atoms with Crippen LogP contribution in [0.5, 0.6) is 5.75 Å². The van der Waals surface area contributed by atoms with Crippen LogP contribution in [0.2, 0.25) is 5.02 Å². The van der Waals surface area contributed by atoms with E-state index < -0.39 is 0 Å². The van der Waals surface area contributed by atoms with Crippen molar-refractivity contribution < 1.29 is 4.74 Å². The third-order valence-corrected chi connectivity index (χ3v) is 2.77. The Morgan fingerprint density at radius 3 is 2.77 bits per heavy atom. The highest BCUT2D eigenvalue weighted by Gasteiger charge is 2.05. The Hall–Kier alpha value is -0.210.